The second-order valence-corrected chi connectivity index (χ2v) is 3.34. The second-order valence-electron chi connectivity index (χ2n) is 3.34. The third-order valence-electron chi connectivity index (χ3n) is 2.24. The molecule has 16 heavy (non-hydrogen) atoms. The van der Waals surface area contributed by atoms with Gasteiger partial charge in [0, 0.05) is 18.7 Å². The Hall–Kier alpha value is -1.89. The van der Waals surface area contributed by atoms with E-state index in [0.29, 0.717) is 13.0 Å². The Balaban J connectivity index is 2.69. The maximum absolute atomic E-state index is 11.6. The Morgan fingerprint density at radius 2 is 2.44 bits per heavy atom. The smallest absolute Gasteiger partial charge is 0.287 e. The highest BCUT2D eigenvalue weighted by Gasteiger charge is 2.16. The number of aromatic amines is 1. The van der Waals surface area contributed by atoms with Crippen LogP contribution in [0.25, 0.3) is 0 Å². The molecule has 88 valence electrons. The fourth-order valence-electron chi connectivity index (χ4n) is 1.21. The van der Waals surface area contributed by atoms with Gasteiger partial charge in [0.25, 0.3) is 11.6 Å². The molecule has 1 amide bonds. The Morgan fingerprint density at radius 3 is 2.88 bits per heavy atom. The minimum atomic E-state index is -0.562. The standard InChI is InChI=1S/C9H14N4O3/c1-2-6(4-10)12-9(14)8-3-7(5-11-8)13(15)16/h3,5-6,11H,2,4,10H2,1H3,(H,12,14). The maximum atomic E-state index is 11.6. The number of carbonyl (C=O) groups excluding carboxylic acids is 1. The summed E-state index contributed by atoms with van der Waals surface area (Å²) in [5.41, 5.74) is 5.46. The van der Waals surface area contributed by atoms with Crippen molar-refractivity contribution in [3.05, 3.63) is 28.1 Å². The Bertz CT molecular complexity index is 384. The topological polar surface area (TPSA) is 114 Å². The van der Waals surface area contributed by atoms with E-state index < -0.39 is 4.92 Å². The molecular weight excluding hydrogens is 212 g/mol. The van der Waals surface area contributed by atoms with Crippen molar-refractivity contribution in [3.8, 4) is 0 Å². The van der Waals surface area contributed by atoms with Crippen LogP contribution in [0, 0.1) is 10.1 Å². The molecule has 0 spiro atoms. The molecule has 1 unspecified atom stereocenters. The van der Waals surface area contributed by atoms with Crippen molar-refractivity contribution in [2.75, 3.05) is 6.54 Å². The van der Waals surface area contributed by atoms with Crippen molar-refractivity contribution in [1.29, 1.82) is 0 Å². The third-order valence-corrected chi connectivity index (χ3v) is 2.24. The van der Waals surface area contributed by atoms with Gasteiger partial charge in [-0.05, 0) is 6.42 Å². The van der Waals surface area contributed by atoms with E-state index in [9.17, 15) is 14.9 Å². The zero-order valence-electron chi connectivity index (χ0n) is 8.90. The summed E-state index contributed by atoms with van der Waals surface area (Å²) in [4.78, 5) is 24.0. The summed E-state index contributed by atoms with van der Waals surface area (Å²) in [5, 5.41) is 13.1. The van der Waals surface area contributed by atoms with Gasteiger partial charge in [-0.2, -0.15) is 0 Å². The van der Waals surface area contributed by atoms with Crippen LogP contribution in [-0.2, 0) is 0 Å². The van der Waals surface area contributed by atoms with Gasteiger partial charge in [-0.15, -0.1) is 0 Å². The SMILES string of the molecule is CCC(CN)NC(=O)c1cc([N+](=O)[O-])c[nH]1. The molecule has 7 heteroatoms. The quantitative estimate of drug-likeness (QED) is 0.497. The van der Waals surface area contributed by atoms with E-state index in [1.54, 1.807) is 0 Å². The van der Waals surface area contributed by atoms with E-state index in [1.807, 2.05) is 6.92 Å². The summed E-state index contributed by atoms with van der Waals surface area (Å²) in [6, 6.07) is 1.08. The van der Waals surface area contributed by atoms with Crippen molar-refractivity contribution in [3.63, 3.8) is 0 Å². The average molecular weight is 226 g/mol. The first-order valence-electron chi connectivity index (χ1n) is 4.92. The molecule has 0 saturated carbocycles. The van der Waals surface area contributed by atoms with Crippen molar-refractivity contribution in [1.82, 2.24) is 10.3 Å². The molecule has 0 saturated heterocycles. The Labute approximate surface area is 92.2 Å². The van der Waals surface area contributed by atoms with Gasteiger partial charge in [0.15, 0.2) is 0 Å². The van der Waals surface area contributed by atoms with Gasteiger partial charge in [-0.3, -0.25) is 14.9 Å². The maximum Gasteiger partial charge on any atom is 0.287 e. The van der Waals surface area contributed by atoms with Crippen LogP contribution in [0.2, 0.25) is 0 Å². The van der Waals surface area contributed by atoms with Gasteiger partial charge in [-0.1, -0.05) is 6.92 Å². The number of rotatable bonds is 5. The first-order valence-corrected chi connectivity index (χ1v) is 4.92. The van der Waals surface area contributed by atoms with Crippen LogP contribution in [0.15, 0.2) is 12.3 Å². The van der Waals surface area contributed by atoms with E-state index in [-0.39, 0.29) is 23.3 Å². The van der Waals surface area contributed by atoms with Gasteiger partial charge in [0.2, 0.25) is 0 Å². The fraction of sp³-hybridized carbons (Fsp3) is 0.444. The number of H-pyrrole nitrogens is 1. The first-order chi connectivity index (χ1) is 7.58. The highest BCUT2D eigenvalue weighted by atomic mass is 16.6. The lowest BCUT2D eigenvalue weighted by molar-refractivity contribution is -0.384. The molecule has 7 nitrogen and oxygen atoms in total. The molecule has 1 rings (SSSR count). The van der Waals surface area contributed by atoms with Crippen molar-refractivity contribution < 1.29 is 9.72 Å². The molecular formula is C9H14N4O3. The molecule has 0 bridgehead atoms. The predicted octanol–water partition coefficient (Wildman–Crippen LogP) is 0.390. The van der Waals surface area contributed by atoms with Crippen LogP contribution < -0.4 is 11.1 Å². The number of hydrogen-bond donors (Lipinski definition) is 3. The van der Waals surface area contributed by atoms with Crippen LogP contribution in [0.4, 0.5) is 5.69 Å². The summed E-state index contributed by atoms with van der Waals surface area (Å²) < 4.78 is 0. The van der Waals surface area contributed by atoms with Crippen LogP contribution >= 0.6 is 0 Å². The average Bonchev–Trinajstić information content (AvgIpc) is 2.74. The number of nitrogens with one attached hydrogen (secondary N) is 2. The highest BCUT2D eigenvalue weighted by molar-refractivity contribution is 5.93. The summed E-state index contributed by atoms with van der Waals surface area (Å²) in [6.07, 6.45) is 1.89. The van der Waals surface area contributed by atoms with Gasteiger partial charge >= 0.3 is 0 Å². The number of aromatic nitrogens is 1. The summed E-state index contributed by atoms with van der Waals surface area (Å²) in [5.74, 6) is -0.384. The molecule has 1 aromatic rings. The predicted molar refractivity (Wildman–Crippen MR) is 58.0 cm³/mol. The van der Waals surface area contributed by atoms with E-state index in [2.05, 4.69) is 10.3 Å². The largest absolute Gasteiger partial charge is 0.351 e. The number of nitro groups is 1. The first kappa shape index (κ1) is 12.2. The minimum Gasteiger partial charge on any atom is -0.351 e. The molecule has 0 aromatic carbocycles. The Morgan fingerprint density at radius 1 is 1.75 bits per heavy atom. The van der Waals surface area contributed by atoms with Crippen LogP contribution in [0.3, 0.4) is 0 Å². The van der Waals surface area contributed by atoms with E-state index >= 15 is 0 Å². The van der Waals surface area contributed by atoms with Crippen molar-refractivity contribution in [2.24, 2.45) is 5.73 Å². The lowest BCUT2D eigenvalue weighted by Crippen LogP contribution is -2.39. The number of hydrogen-bond acceptors (Lipinski definition) is 4. The van der Waals surface area contributed by atoms with Crippen LogP contribution in [-0.4, -0.2) is 28.4 Å². The number of nitrogens with zero attached hydrogens (tertiary/aromatic N) is 1. The zero-order chi connectivity index (χ0) is 12.1. The number of carbonyl (C=O) groups is 1. The molecule has 1 aromatic heterocycles. The van der Waals surface area contributed by atoms with Gasteiger partial charge in [-0.25, -0.2) is 0 Å². The van der Waals surface area contributed by atoms with Crippen molar-refractivity contribution in [2.45, 2.75) is 19.4 Å². The number of nitrogens with two attached hydrogens (primary N) is 1. The lowest BCUT2D eigenvalue weighted by atomic mass is 10.2. The van der Waals surface area contributed by atoms with E-state index in [4.69, 9.17) is 5.73 Å². The molecule has 1 heterocycles. The third kappa shape index (κ3) is 2.80. The summed E-state index contributed by atoms with van der Waals surface area (Å²) >= 11 is 0. The molecule has 0 aliphatic heterocycles. The van der Waals surface area contributed by atoms with E-state index in [0.717, 1.165) is 0 Å². The lowest BCUT2D eigenvalue weighted by Gasteiger charge is -2.13. The molecule has 0 aliphatic carbocycles. The highest BCUT2D eigenvalue weighted by Crippen LogP contribution is 2.12. The van der Waals surface area contributed by atoms with Crippen molar-refractivity contribution >= 4 is 11.6 Å². The Kier molecular flexibility index (Phi) is 4.01. The zero-order valence-corrected chi connectivity index (χ0v) is 8.90. The summed E-state index contributed by atoms with van der Waals surface area (Å²) in [6.45, 7) is 2.24. The fourth-order valence-corrected chi connectivity index (χ4v) is 1.21. The second kappa shape index (κ2) is 5.26. The van der Waals surface area contributed by atoms with E-state index in [1.165, 1.54) is 12.3 Å². The molecule has 0 fully saturated rings. The molecule has 0 aliphatic rings. The normalized spacial score (nSPS) is 12.1. The van der Waals surface area contributed by atoms with Gasteiger partial charge in [0.1, 0.15) is 5.69 Å². The van der Waals surface area contributed by atoms with Crippen LogP contribution in [0.1, 0.15) is 23.8 Å². The van der Waals surface area contributed by atoms with Gasteiger partial charge in [0.05, 0.1) is 11.1 Å². The minimum absolute atomic E-state index is 0.116. The molecule has 0 radical (unpaired) electrons. The molecule has 1 atom stereocenters. The number of amides is 1. The van der Waals surface area contributed by atoms with Gasteiger partial charge < -0.3 is 16.0 Å². The van der Waals surface area contributed by atoms with Crippen LogP contribution in [0.5, 0.6) is 0 Å². The molecule has 4 N–H and O–H groups in total. The summed E-state index contributed by atoms with van der Waals surface area (Å²) in [7, 11) is 0. The monoisotopic (exact) mass is 226 g/mol.